The summed E-state index contributed by atoms with van der Waals surface area (Å²) < 4.78 is 5.00. The van der Waals surface area contributed by atoms with E-state index >= 15 is 0 Å². The van der Waals surface area contributed by atoms with Crippen LogP contribution in [0.2, 0.25) is 0 Å². The van der Waals surface area contributed by atoms with Crippen LogP contribution >= 0.6 is 0 Å². The van der Waals surface area contributed by atoms with Crippen molar-refractivity contribution in [3.05, 3.63) is 130 Å². The second-order valence-electron chi connectivity index (χ2n) is 17.7. The SMILES string of the molecule is CCCCC[C@H](CC(=O)C(C)CCC(=O)c1ccc(-c2ccc(CCCC)cc2)cc1)C(=O)N(C)[C@H](C(=O)C[C@@H](C)C(=O)N[C@@H](Cc1ccc(C)cc1)C(=O)OC)c1ccc(C)cc1. The molecule has 5 atom stereocenters. The molecule has 0 saturated heterocycles. The van der Waals surface area contributed by atoms with E-state index in [1.807, 2.05) is 93.6 Å². The first-order valence-corrected chi connectivity index (χ1v) is 23.2. The largest absolute Gasteiger partial charge is 0.467 e. The van der Waals surface area contributed by atoms with Crippen LogP contribution < -0.4 is 5.32 Å². The van der Waals surface area contributed by atoms with E-state index in [1.54, 1.807) is 14.0 Å². The zero-order chi connectivity index (χ0) is 46.8. The first-order chi connectivity index (χ1) is 30.6. The molecule has 4 aromatic carbocycles. The van der Waals surface area contributed by atoms with Crippen molar-refractivity contribution in [3.8, 4) is 11.1 Å². The first-order valence-electron chi connectivity index (χ1n) is 23.2. The fourth-order valence-electron chi connectivity index (χ4n) is 8.05. The predicted octanol–water partition coefficient (Wildman–Crippen LogP) is 10.8. The average Bonchev–Trinajstić information content (AvgIpc) is 3.30. The minimum Gasteiger partial charge on any atom is -0.467 e. The number of rotatable bonds is 26. The van der Waals surface area contributed by atoms with Crippen LogP contribution in [0, 0.1) is 31.6 Å². The number of carbonyl (C=O) groups is 6. The highest BCUT2D eigenvalue weighted by Gasteiger charge is 2.35. The molecule has 0 saturated carbocycles. The molecule has 9 nitrogen and oxygen atoms in total. The molecular weight excluding hydrogens is 801 g/mol. The highest BCUT2D eigenvalue weighted by atomic mass is 16.5. The Morgan fingerprint density at radius 1 is 0.641 bits per heavy atom. The van der Waals surface area contributed by atoms with Gasteiger partial charge < -0.3 is 15.0 Å². The lowest BCUT2D eigenvalue weighted by Crippen LogP contribution is -2.46. The number of ketones is 3. The molecule has 0 heterocycles. The van der Waals surface area contributed by atoms with Gasteiger partial charge in [0.25, 0.3) is 0 Å². The summed E-state index contributed by atoms with van der Waals surface area (Å²) in [6.45, 7) is 11.6. The molecule has 0 aliphatic rings. The van der Waals surface area contributed by atoms with Crippen molar-refractivity contribution in [1.82, 2.24) is 10.2 Å². The number of benzene rings is 4. The summed E-state index contributed by atoms with van der Waals surface area (Å²) in [5.41, 5.74) is 7.55. The molecule has 0 spiro atoms. The smallest absolute Gasteiger partial charge is 0.328 e. The van der Waals surface area contributed by atoms with Gasteiger partial charge in [-0.25, -0.2) is 4.79 Å². The van der Waals surface area contributed by atoms with E-state index in [0.29, 0.717) is 24.0 Å². The lowest BCUT2D eigenvalue weighted by atomic mass is 9.86. The van der Waals surface area contributed by atoms with E-state index in [1.165, 1.54) is 17.6 Å². The van der Waals surface area contributed by atoms with Crippen molar-refractivity contribution in [1.29, 1.82) is 0 Å². The third kappa shape index (κ3) is 15.2. The molecule has 4 aromatic rings. The predicted molar refractivity (Wildman–Crippen MR) is 255 cm³/mol. The molecule has 0 aliphatic carbocycles. The fraction of sp³-hybridized carbons (Fsp3) is 0.455. The van der Waals surface area contributed by atoms with E-state index in [2.05, 4.69) is 43.4 Å². The first kappa shape index (κ1) is 50.9. The van der Waals surface area contributed by atoms with Crippen LogP contribution in [0.3, 0.4) is 0 Å². The van der Waals surface area contributed by atoms with Gasteiger partial charge in [0, 0.05) is 56.0 Å². The highest BCUT2D eigenvalue weighted by Crippen LogP contribution is 2.30. The Labute approximate surface area is 381 Å². The van der Waals surface area contributed by atoms with Gasteiger partial charge in [0.05, 0.1) is 7.11 Å². The Morgan fingerprint density at radius 3 is 1.78 bits per heavy atom. The van der Waals surface area contributed by atoms with Gasteiger partial charge in [-0.3, -0.25) is 24.0 Å². The molecule has 0 aliphatic heterocycles. The number of hydrogen-bond acceptors (Lipinski definition) is 7. The molecule has 0 aromatic heterocycles. The number of esters is 1. The molecule has 2 amide bonds. The van der Waals surface area contributed by atoms with Crippen molar-refractivity contribution >= 4 is 35.1 Å². The number of nitrogens with zero attached hydrogens (tertiary/aromatic N) is 1. The maximum atomic E-state index is 14.5. The minimum absolute atomic E-state index is 0.00229. The van der Waals surface area contributed by atoms with Gasteiger partial charge in [-0.05, 0) is 67.3 Å². The molecule has 0 bridgehead atoms. The van der Waals surface area contributed by atoms with Gasteiger partial charge in [0.2, 0.25) is 11.8 Å². The van der Waals surface area contributed by atoms with Crippen molar-refractivity contribution < 1.29 is 33.5 Å². The number of unbranched alkanes of at least 4 members (excludes halogenated alkanes) is 3. The summed E-state index contributed by atoms with van der Waals surface area (Å²) in [6.07, 6.45) is 7.01. The zero-order valence-electron chi connectivity index (χ0n) is 39.4. The Hall–Kier alpha value is -5.70. The Balaban J connectivity index is 1.43. The van der Waals surface area contributed by atoms with Crippen LogP contribution in [-0.4, -0.2) is 60.2 Å². The summed E-state index contributed by atoms with van der Waals surface area (Å²) in [4.78, 5) is 83.8. The number of likely N-dealkylation sites (N-methyl/N-ethyl adjacent to an activating group) is 1. The van der Waals surface area contributed by atoms with Crippen molar-refractivity contribution in [2.75, 3.05) is 14.2 Å². The molecule has 4 rings (SSSR count). The van der Waals surface area contributed by atoms with E-state index < -0.39 is 41.7 Å². The van der Waals surface area contributed by atoms with E-state index in [0.717, 1.165) is 66.3 Å². The molecule has 9 heteroatoms. The van der Waals surface area contributed by atoms with Gasteiger partial charge in [-0.15, -0.1) is 0 Å². The van der Waals surface area contributed by atoms with Crippen LogP contribution in [0.4, 0.5) is 0 Å². The quantitative estimate of drug-likeness (QED) is 0.0378. The highest BCUT2D eigenvalue weighted by molar-refractivity contribution is 5.97. The van der Waals surface area contributed by atoms with Crippen molar-refractivity contribution in [2.24, 2.45) is 17.8 Å². The van der Waals surface area contributed by atoms with Gasteiger partial charge in [-0.2, -0.15) is 0 Å². The molecule has 0 fully saturated rings. The van der Waals surface area contributed by atoms with Crippen LogP contribution in [0.15, 0.2) is 97.1 Å². The minimum atomic E-state index is -1.01. The van der Waals surface area contributed by atoms with Crippen LogP contribution in [0.1, 0.15) is 136 Å². The average molecular weight is 871 g/mol. The third-order valence-corrected chi connectivity index (χ3v) is 12.4. The molecular formula is C55H70N2O7. The second-order valence-corrected chi connectivity index (χ2v) is 17.7. The van der Waals surface area contributed by atoms with Crippen molar-refractivity contribution in [3.63, 3.8) is 0 Å². The van der Waals surface area contributed by atoms with Gasteiger partial charge in [0.1, 0.15) is 17.9 Å². The monoisotopic (exact) mass is 871 g/mol. The number of methoxy groups -OCH3 is 1. The number of Topliss-reactive ketones (excluding diaryl/α,β-unsaturated/α-hetero) is 3. The van der Waals surface area contributed by atoms with Crippen LogP contribution in [0.25, 0.3) is 11.1 Å². The number of hydrogen-bond donors (Lipinski definition) is 1. The van der Waals surface area contributed by atoms with Gasteiger partial charge in [-0.1, -0.05) is 162 Å². The molecule has 64 heavy (non-hydrogen) atoms. The number of nitrogens with one attached hydrogen (secondary N) is 1. The Bertz CT molecular complexity index is 2140. The number of amides is 2. The summed E-state index contributed by atoms with van der Waals surface area (Å²) in [6, 6.07) is 29.2. The lowest BCUT2D eigenvalue weighted by Gasteiger charge is -2.32. The topological polar surface area (TPSA) is 127 Å². The summed E-state index contributed by atoms with van der Waals surface area (Å²) in [5, 5.41) is 2.79. The third-order valence-electron chi connectivity index (χ3n) is 12.4. The maximum Gasteiger partial charge on any atom is 0.328 e. The van der Waals surface area contributed by atoms with Crippen LogP contribution in [-0.2, 0) is 41.6 Å². The summed E-state index contributed by atoms with van der Waals surface area (Å²) in [7, 11) is 2.86. The number of aryl methyl sites for hydroxylation is 3. The van der Waals surface area contributed by atoms with Crippen LogP contribution in [0.5, 0.6) is 0 Å². The molecule has 342 valence electrons. The fourth-order valence-corrected chi connectivity index (χ4v) is 8.05. The van der Waals surface area contributed by atoms with Gasteiger partial charge in [0.15, 0.2) is 11.6 Å². The molecule has 0 radical (unpaired) electrons. The second kappa shape index (κ2) is 25.6. The maximum absolute atomic E-state index is 14.5. The standard InChI is InChI=1S/C55H70N2O7/c1-9-11-13-15-47(36-50(59)39(5)20-33-49(58)45-31-29-44(30-32-45)43-27-23-41(24-28-43)14-12-10-2)54(62)57(7)52(46-25-18-38(4)19-26-46)51(60)34-40(6)53(61)56-48(55(63)64-8)35-42-21-16-37(3)17-22-42/h16-19,21-32,39-40,47-48,52H,9-15,20,33-36H2,1-8H3,(H,56,61)/t39?,40-,47-,48+,52+/m1/s1. The van der Waals surface area contributed by atoms with E-state index in [9.17, 15) is 28.8 Å². The summed E-state index contributed by atoms with van der Waals surface area (Å²) >= 11 is 0. The Morgan fingerprint density at radius 2 is 1.20 bits per heavy atom. The lowest BCUT2D eigenvalue weighted by molar-refractivity contribution is -0.146. The Kier molecular flexibility index (Phi) is 20.3. The number of carbonyl (C=O) groups excluding carboxylic acids is 6. The number of ether oxygens (including phenoxy) is 1. The zero-order valence-corrected chi connectivity index (χ0v) is 39.4. The van der Waals surface area contributed by atoms with Crippen molar-refractivity contribution in [2.45, 2.75) is 131 Å². The van der Waals surface area contributed by atoms with Gasteiger partial charge >= 0.3 is 5.97 Å². The van der Waals surface area contributed by atoms with E-state index in [4.69, 9.17) is 4.74 Å². The molecule has 1 N–H and O–H groups in total. The summed E-state index contributed by atoms with van der Waals surface area (Å²) in [5.74, 6) is -3.81. The molecule has 1 unspecified atom stereocenters. The van der Waals surface area contributed by atoms with E-state index in [-0.39, 0.29) is 48.9 Å². The normalized spacial score (nSPS) is 13.5.